The number of ketones is 1. The second kappa shape index (κ2) is 7.27. The van der Waals surface area contributed by atoms with Crippen molar-refractivity contribution >= 4 is 33.5 Å². The molecular weight excluding hydrogens is 395 g/mol. The summed E-state index contributed by atoms with van der Waals surface area (Å²) in [4.78, 5) is 12.4. The fourth-order valence-corrected chi connectivity index (χ4v) is 3.27. The Morgan fingerprint density at radius 1 is 1.17 bits per heavy atom. The van der Waals surface area contributed by atoms with E-state index >= 15 is 0 Å². The van der Waals surface area contributed by atoms with Gasteiger partial charge in [0.15, 0.2) is 5.78 Å². The highest BCUT2D eigenvalue weighted by Crippen LogP contribution is 2.31. The smallest absolute Gasteiger partial charge is 0.277 e. The van der Waals surface area contributed by atoms with Crippen LogP contribution in [0.2, 0.25) is 0 Å². The Bertz CT molecular complexity index is 867. The Morgan fingerprint density at radius 2 is 1.88 bits per heavy atom. The summed E-state index contributed by atoms with van der Waals surface area (Å²) in [5.74, 6) is -0.117. The summed E-state index contributed by atoms with van der Waals surface area (Å²) in [6.45, 7) is 1.75. The Hall–Kier alpha value is -1.99. The minimum absolute atomic E-state index is 0.124. The predicted octanol–water partition coefficient (Wildman–Crippen LogP) is 5.00. The SMILES string of the molecule is C[C@H](Sc1nnc(-c2ccccc2Br)o1)C(=O)c1ccc(F)cc1. The number of carbonyl (C=O) groups excluding carboxylic acids is 1. The molecule has 4 nitrogen and oxygen atoms in total. The van der Waals surface area contributed by atoms with Crippen molar-refractivity contribution in [1.29, 1.82) is 0 Å². The van der Waals surface area contributed by atoms with Crippen LogP contribution in [-0.4, -0.2) is 21.2 Å². The molecule has 0 bridgehead atoms. The summed E-state index contributed by atoms with van der Waals surface area (Å²) >= 11 is 4.61. The molecule has 0 N–H and O–H groups in total. The van der Waals surface area contributed by atoms with E-state index in [1.165, 1.54) is 36.0 Å². The van der Waals surface area contributed by atoms with Gasteiger partial charge in [-0.05, 0) is 59.3 Å². The second-order valence-corrected chi connectivity index (χ2v) is 7.13. The van der Waals surface area contributed by atoms with E-state index in [-0.39, 0.29) is 11.6 Å². The molecule has 0 fully saturated rings. The maximum atomic E-state index is 12.9. The first kappa shape index (κ1) is 16.9. The number of Topliss-reactive ketones (excluding diaryl/α,β-unsaturated/α-hetero) is 1. The molecular formula is C17H12BrFN2O2S. The third kappa shape index (κ3) is 3.73. The topological polar surface area (TPSA) is 56.0 Å². The van der Waals surface area contributed by atoms with Crippen molar-refractivity contribution in [2.75, 3.05) is 0 Å². The summed E-state index contributed by atoms with van der Waals surface area (Å²) in [5.41, 5.74) is 1.23. The van der Waals surface area contributed by atoms with Crippen molar-refractivity contribution in [3.8, 4) is 11.5 Å². The summed E-state index contributed by atoms with van der Waals surface area (Å²) in [6, 6.07) is 13.0. The van der Waals surface area contributed by atoms with E-state index in [9.17, 15) is 9.18 Å². The number of hydrogen-bond donors (Lipinski definition) is 0. The van der Waals surface area contributed by atoms with Gasteiger partial charge in [0.2, 0.25) is 5.89 Å². The number of halogens is 2. The van der Waals surface area contributed by atoms with Crippen LogP contribution in [0.5, 0.6) is 0 Å². The van der Waals surface area contributed by atoms with Crippen LogP contribution in [0.15, 0.2) is 62.6 Å². The van der Waals surface area contributed by atoms with E-state index in [0.717, 1.165) is 10.0 Å². The molecule has 0 aliphatic rings. The van der Waals surface area contributed by atoms with Crippen LogP contribution in [0.1, 0.15) is 17.3 Å². The van der Waals surface area contributed by atoms with Crippen molar-refractivity contribution in [3.63, 3.8) is 0 Å². The predicted molar refractivity (Wildman–Crippen MR) is 93.5 cm³/mol. The fraction of sp³-hybridized carbons (Fsp3) is 0.118. The molecule has 7 heteroatoms. The van der Waals surface area contributed by atoms with E-state index < -0.39 is 5.25 Å². The van der Waals surface area contributed by atoms with Gasteiger partial charge in [0.25, 0.3) is 5.22 Å². The summed E-state index contributed by atoms with van der Waals surface area (Å²) in [5, 5.41) is 7.87. The number of aromatic nitrogens is 2. The van der Waals surface area contributed by atoms with Gasteiger partial charge in [-0.2, -0.15) is 0 Å². The van der Waals surface area contributed by atoms with Crippen LogP contribution < -0.4 is 0 Å². The number of hydrogen-bond acceptors (Lipinski definition) is 5. The molecule has 0 aliphatic carbocycles. The standard InChI is InChI=1S/C17H12BrFN2O2S/c1-10(15(22)11-6-8-12(19)9-7-11)24-17-21-20-16(23-17)13-4-2-3-5-14(13)18/h2-10H,1H3/t10-/m0/s1. The molecule has 1 heterocycles. The van der Waals surface area contributed by atoms with Gasteiger partial charge in [0, 0.05) is 10.0 Å². The molecule has 0 saturated carbocycles. The van der Waals surface area contributed by atoms with Gasteiger partial charge >= 0.3 is 0 Å². The molecule has 0 amide bonds. The van der Waals surface area contributed by atoms with Crippen molar-refractivity contribution in [2.45, 2.75) is 17.4 Å². The zero-order valence-electron chi connectivity index (χ0n) is 12.6. The lowest BCUT2D eigenvalue weighted by atomic mass is 10.1. The van der Waals surface area contributed by atoms with Crippen LogP contribution in [-0.2, 0) is 0 Å². The fourth-order valence-electron chi connectivity index (χ4n) is 2.05. The minimum Gasteiger partial charge on any atom is -0.411 e. The van der Waals surface area contributed by atoms with Gasteiger partial charge in [-0.1, -0.05) is 23.9 Å². The van der Waals surface area contributed by atoms with Gasteiger partial charge in [0.05, 0.1) is 10.8 Å². The van der Waals surface area contributed by atoms with Crippen LogP contribution in [0.4, 0.5) is 4.39 Å². The van der Waals surface area contributed by atoms with Gasteiger partial charge in [-0.15, -0.1) is 10.2 Å². The Morgan fingerprint density at radius 3 is 2.58 bits per heavy atom. The summed E-state index contributed by atoms with van der Waals surface area (Å²) in [6.07, 6.45) is 0. The molecule has 0 aliphatic heterocycles. The molecule has 1 atom stereocenters. The number of nitrogens with zero attached hydrogens (tertiary/aromatic N) is 2. The van der Waals surface area contributed by atoms with E-state index in [0.29, 0.717) is 16.7 Å². The van der Waals surface area contributed by atoms with Gasteiger partial charge in [0.1, 0.15) is 5.82 Å². The lowest BCUT2D eigenvalue weighted by Gasteiger charge is -2.07. The van der Waals surface area contributed by atoms with Crippen LogP contribution >= 0.6 is 27.7 Å². The van der Waals surface area contributed by atoms with Gasteiger partial charge in [-0.25, -0.2) is 4.39 Å². The van der Waals surface area contributed by atoms with E-state index in [2.05, 4.69) is 26.1 Å². The maximum Gasteiger partial charge on any atom is 0.277 e. The van der Waals surface area contributed by atoms with Crippen molar-refractivity contribution in [3.05, 3.63) is 64.4 Å². The zero-order valence-corrected chi connectivity index (χ0v) is 15.0. The summed E-state index contributed by atoms with van der Waals surface area (Å²) in [7, 11) is 0. The Kier molecular flexibility index (Phi) is 5.11. The highest BCUT2D eigenvalue weighted by atomic mass is 79.9. The summed E-state index contributed by atoms with van der Waals surface area (Å²) < 4.78 is 19.4. The highest BCUT2D eigenvalue weighted by molar-refractivity contribution is 9.10. The van der Waals surface area contributed by atoms with E-state index in [1.807, 2.05) is 24.3 Å². The number of carbonyl (C=O) groups is 1. The van der Waals surface area contributed by atoms with Crippen molar-refractivity contribution in [1.82, 2.24) is 10.2 Å². The molecule has 122 valence electrons. The average molecular weight is 407 g/mol. The molecule has 3 aromatic rings. The molecule has 0 radical (unpaired) electrons. The maximum absolute atomic E-state index is 12.9. The number of rotatable bonds is 5. The third-order valence-electron chi connectivity index (χ3n) is 3.29. The number of benzene rings is 2. The normalized spacial score (nSPS) is 12.1. The molecule has 2 aromatic carbocycles. The molecule has 24 heavy (non-hydrogen) atoms. The van der Waals surface area contributed by atoms with E-state index in [1.54, 1.807) is 6.92 Å². The molecule has 0 unspecified atom stereocenters. The first-order valence-corrected chi connectivity index (χ1v) is 8.76. The lowest BCUT2D eigenvalue weighted by Crippen LogP contribution is -2.13. The lowest BCUT2D eigenvalue weighted by molar-refractivity contribution is 0.0993. The van der Waals surface area contributed by atoms with Gasteiger partial charge < -0.3 is 4.42 Å². The monoisotopic (exact) mass is 406 g/mol. The average Bonchev–Trinajstić information content (AvgIpc) is 3.03. The molecule has 0 saturated heterocycles. The van der Waals surface area contributed by atoms with Crippen molar-refractivity contribution in [2.24, 2.45) is 0 Å². The molecule has 1 aromatic heterocycles. The molecule has 0 spiro atoms. The Labute approximate surface area is 150 Å². The van der Waals surface area contributed by atoms with Crippen LogP contribution in [0.25, 0.3) is 11.5 Å². The van der Waals surface area contributed by atoms with Gasteiger partial charge in [-0.3, -0.25) is 4.79 Å². The van der Waals surface area contributed by atoms with Crippen LogP contribution in [0.3, 0.4) is 0 Å². The largest absolute Gasteiger partial charge is 0.411 e. The first-order valence-electron chi connectivity index (χ1n) is 7.09. The number of thioether (sulfide) groups is 1. The highest BCUT2D eigenvalue weighted by Gasteiger charge is 2.20. The molecule has 3 rings (SSSR count). The quantitative estimate of drug-likeness (QED) is 0.440. The van der Waals surface area contributed by atoms with E-state index in [4.69, 9.17) is 4.42 Å². The minimum atomic E-state index is -0.428. The Balaban J connectivity index is 1.73. The third-order valence-corrected chi connectivity index (χ3v) is 4.91. The zero-order chi connectivity index (χ0) is 17.1. The first-order chi connectivity index (χ1) is 11.5. The van der Waals surface area contributed by atoms with Crippen LogP contribution in [0, 0.1) is 5.82 Å². The van der Waals surface area contributed by atoms with Crippen molar-refractivity contribution < 1.29 is 13.6 Å². The second-order valence-electron chi connectivity index (χ2n) is 4.98.